The molecule has 0 fully saturated rings. The standard InChI is InChI=1S/CH3Cl4NP2S/c1-6(7(2)3)8(4,5)9/h1H3. The lowest BCUT2D eigenvalue weighted by molar-refractivity contribution is 0.930. The van der Waals surface area contributed by atoms with Crippen LogP contribution in [0.4, 0.5) is 0 Å². The number of hydrogen-bond acceptors (Lipinski definition) is 1. The molecule has 0 spiro atoms. The van der Waals surface area contributed by atoms with E-state index in [1.54, 1.807) is 7.05 Å². The summed E-state index contributed by atoms with van der Waals surface area (Å²) in [6.45, 7) is -1.29. The van der Waals surface area contributed by atoms with Crippen LogP contribution in [0, 0.1) is 0 Å². The molecular formula is CH3Cl4NP2S. The number of nitrogens with zero attached hydrogens (tertiary/aromatic N) is 1. The largest absolute Gasteiger partial charge is 0.207 e. The summed E-state index contributed by atoms with van der Waals surface area (Å²) >= 11 is 26.7. The molecule has 0 aromatic carbocycles. The van der Waals surface area contributed by atoms with Crippen molar-refractivity contribution < 1.29 is 0 Å². The highest BCUT2D eigenvalue weighted by Crippen LogP contribution is 2.71. The van der Waals surface area contributed by atoms with Crippen LogP contribution in [-0.2, 0) is 11.8 Å². The highest BCUT2D eigenvalue weighted by molar-refractivity contribution is 8.40. The number of halogens is 4. The Kier molecular flexibility index (Phi) is 5.33. The first-order valence-corrected chi connectivity index (χ1v) is 9.38. The van der Waals surface area contributed by atoms with E-state index in [0.717, 1.165) is 0 Å². The summed E-state index contributed by atoms with van der Waals surface area (Å²) in [5.41, 5.74) is 0. The molecule has 0 heterocycles. The first kappa shape index (κ1) is 11.2. The van der Waals surface area contributed by atoms with Crippen LogP contribution in [0.15, 0.2) is 0 Å². The van der Waals surface area contributed by atoms with Crippen molar-refractivity contribution in [3.8, 4) is 0 Å². The van der Waals surface area contributed by atoms with Gasteiger partial charge in [0.1, 0.15) is 0 Å². The maximum absolute atomic E-state index is 5.54. The topological polar surface area (TPSA) is 3.24 Å². The van der Waals surface area contributed by atoms with Gasteiger partial charge in [-0.25, -0.2) is 4.44 Å². The molecule has 0 N–H and O–H groups in total. The van der Waals surface area contributed by atoms with Crippen LogP contribution in [0.25, 0.3) is 0 Å². The second-order valence-electron chi connectivity index (χ2n) is 1.14. The second-order valence-corrected chi connectivity index (χ2v) is 12.6. The summed E-state index contributed by atoms with van der Waals surface area (Å²) in [6.07, 6.45) is 0. The molecule has 0 aliphatic carbocycles. The quantitative estimate of drug-likeness (QED) is 0.683. The van der Waals surface area contributed by atoms with Crippen molar-refractivity contribution in [1.29, 1.82) is 0 Å². The van der Waals surface area contributed by atoms with E-state index >= 15 is 0 Å². The molecule has 0 atom stereocenters. The summed E-state index contributed by atoms with van der Waals surface area (Å²) < 4.78 is 1.41. The maximum atomic E-state index is 5.54. The Morgan fingerprint density at radius 1 is 1.44 bits per heavy atom. The van der Waals surface area contributed by atoms with E-state index in [4.69, 9.17) is 56.8 Å². The van der Waals surface area contributed by atoms with Gasteiger partial charge in [0.2, 0.25) is 0 Å². The molecule has 0 saturated carbocycles. The zero-order chi connectivity index (χ0) is 7.65. The Labute approximate surface area is 79.6 Å². The molecule has 0 bridgehead atoms. The minimum absolute atomic E-state index is 1.29. The van der Waals surface area contributed by atoms with Gasteiger partial charge in [-0.2, -0.15) is 0 Å². The molecular weight excluding hydrogens is 262 g/mol. The number of rotatable bonds is 2. The van der Waals surface area contributed by atoms with Gasteiger partial charge in [-0.3, -0.25) is 0 Å². The molecule has 8 heteroatoms. The Bertz CT molecular complexity index is 133. The van der Waals surface area contributed by atoms with E-state index in [0.29, 0.717) is 0 Å². The molecule has 0 unspecified atom stereocenters. The average molecular weight is 265 g/mol. The first-order chi connectivity index (χ1) is 3.85. The minimum Gasteiger partial charge on any atom is -0.207 e. The molecule has 0 aromatic heterocycles. The van der Waals surface area contributed by atoms with E-state index in [9.17, 15) is 0 Å². The van der Waals surface area contributed by atoms with Crippen molar-refractivity contribution >= 4 is 68.4 Å². The Hall–Kier alpha value is 2.20. The third kappa shape index (κ3) is 4.61. The summed E-state index contributed by atoms with van der Waals surface area (Å²) in [5.74, 6) is 0. The fraction of sp³-hybridized carbons (Fsp3) is 1.00. The molecule has 1 nitrogen and oxygen atoms in total. The Morgan fingerprint density at radius 2 is 1.78 bits per heavy atom. The minimum atomic E-state index is -2.44. The fourth-order valence-corrected chi connectivity index (χ4v) is 6.38. The third-order valence-corrected chi connectivity index (χ3v) is 8.09. The molecule has 0 rings (SSSR count). The molecule has 56 valence electrons. The summed E-state index contributed by atoms with van der Waals surface area (Å²) in [7, 11) is 1.60. The van der Waals surface area contributed by atoms with Gasteiger partial charge in [0.25, 0.3) is 0 Å². The van der Waals surface area contributed by atoms with E-state index in [-0.39, 0.29) is 0 Å². The van der Waals surface area contributed by atoms with Crippen LogP contribution >= 0.6 is 56.6 Å². The van der Waals surface area contributed by atoms with Crippen LogP contribution in [0.2, 0.25) is 0 Å². The molecule has 0 radical (unpaired) electrons. The van der Waals surface area contributed by atoms with Gasteiger partial charge in [-0.05, 0) is 18.9 Å². The van der Waals surface area contributed by atoms with E-state index in [1.165, 1.54) is 4.44 Å². The van der Waals surface area contributed by atoms with Gasteiger partial charge in [-0.15, -0.1) is 0 Å². The maximum Gasteiger partial charge on any atom is 0.188 e. The van der Waals surface area contributed by atoms with E-state index in [1.807, 2.05) is 0 Å². The number of hydrogen-bond donors (Lipinski definition) is 0. The van der Waals surface area contributed by atoms with Crippen molar-refractivity contribution in [2.75, 3.05) is 7.05 Å². The van der Waals surface area contributed by atoms with Gasteiger partial charge >= 0.3 is 0 Å². The third-order valence-electron chi connectivity index (χ3n) is 0.556. The highest BCUT2D eigenvalue weighted by Gasteiger charge is 2.21. The molecule has 0 aliphatic rings. The van der Waals surface area contributed by atoms with Crippen LogP contribution in [0.3, 0.4) is 0 Å². The molecule has 9 heavy (non-hydrogen) atoms. The normalized spacial score (nSPS) is 13.2. The average Bonchev–Trinajstić information content (AvgIpc) is 1.62. The first-order valence-electron chi connectivity index (χ1n) is 1.71. The van der Waals surface area contributed by atoms with Crippen molar-refractivity contribution in [2.45, 2.75) is 0 Å². The van der Waals surface area contributed by atoms with Crippen LogP contribution < -0.4 is 0 Å². The smallest absolute Gasteiger partial charge is 0.188 e. The lowest BCUT2D eigenvalue weighted by Gasteiger charge is -2.19. The summed E-state index contributed by atoms with van der Waals surface area (Å²) in [4.78, 5) is -2.44. The molecule has 0 aromatic rings. The lowest BCUT2D eigenvalue weighted by atomic mass is 11.6. The summed E-state index contributed by atoms with van der Waals surface area (Å²) in [6, 6.07) is 0. The Balaban J connectivity index is 4.05. The summed E-state index contributed by atoms with van der Waals surface area (Å²) in [5, 5.41) is 0. The molecule has 0 amide bonds. The fourth-order valence-electron chi connectivity index (χ4n) is 0.0787. The zero-order valence-electron chi connectivity index (χ0n) is 4.26. The monoisotopic (exact) mass is 263 g/mol. The lowest BCUT2D eigenvalue weighted by Crippen LogP contribution is -1.94. The Morgan fingerprint density at radius 3 is 1.78 bits per heavy atom. The molecule has 0 aliphatic heterocycles. The van der Waals surface area contributed by atoms with E-state index in [2.05, 4.69) is 0 Å². The van der Waals surface area contributed by atoms with Crippen molar-refractivity contribution in [1.82, 2.24) is 4.44 Å². The van der Waals surface area contributed by atoms with Crippen LogP contribution in [0.5, 0.6) is 0 Å². The van der Waals surface area contributed by atoms with Crippen LogP contribution in [-0.4, -0.2) is 11.5 Å². The van der Waals surface area contributed by atoms with Crippen molar-refractivity contribution in [2.24, 2.45) is 0 Å². The van der Waals surface area contributed by atoms with Gasteiger partial charge in [0, 0.05) is 0 Å². The second kappa shape index (κ2) is 4.28. The van der Waals surface area contributed by atoms with Gasteiger partial charge in [-0.1, -0.05) is 45.0 Å². The van der Waals surface area contributed by atoms with Gasteiger partial charge in [0.15, 0.2) is 11.7 Å². The predicted molar refractivity (Wildman–Crippen MR) is 52.4 cm³/mol. The zero-order valence-corrected chi connectivity index (χ0v) is 9.89. The van der Waals surface area contributed by atoms with Gasteiger partial charge in [0.05, 0.1) is 0 Å². The SMILES string of the molecule is CN(P(Cl)Cl)P(=S)(Cl)Cl. The van der Waals surface area contributed by atoms with Crippen molar-refractivity contribution in [3.63, 3.8) is 0 Å². The predicted octanol–water partition coefficient (Wildman–Crippen LogP) is 4.32. The van der Waals surface area contributed by atoms with E-state index < -0.39 is 11.7 Å². The van der Waals surface area contributed by atoms with Crippen LogP contribution in [0.1, 0.15) is 0 Å². The highest BCUT2D eigenvalue weighted by atomic mass is 35.9. The van der Waals surface area contributed by atoms with Crippen molar-refractivity contribution in [3.05, 3.63) is 0 Å². The molecule has 0 saturated heterocycles. The van der Waals surface area contributed by atoms with Gasteiger partial charge < -0.3 is 0 Å².